The van der Waals surface area contributed by atoms with Crippen molar-refractivity contribution < 1.29 is 17.6 Å². The van der Waals surface area contributed by atoms with Crippen LogP contribution < -0.4 is 0 Å². The molecule has 0 N–H and O–H groups in total. The Kier molecular flexibility index (Phi) is 9.13. The van der Waals surface area contributed by atoms with Crippen LogP contribution in [0.3, 0.4) is 0 Å². The molecule has 0 radical (unpaired) electrons. The molecule has 0 aliphatic heterocycles. The minimum Gasteiger partial charge on any atom is -0.205 e. The summed E-state index contributed by atoms with van der Waals surface area (Å²) in [5, 5.41) is 17.6. The molecule has 4 rings (SSSR count). The fourth-order valence-electron chi connectivity index (χ4n) is 4.61. The van der Waals surface area contributed by atoms with Gasteiger partial charge in [-0.25, -0.2) is 17.6 Å². The standard InChI is InChI=1S/C33H26F4N2/c34-30-16-26(17-31(35)28(30)20-38)24-12-8-22(9-13-24)6-4-2-1-3-5-7-23-10-14-25(15-11-23)27-18-32(36)29(21-39)33(37)19-27/h8-19H,1-7H2. The Hall–Kier alpha value is -4.42. The average Bonchev–Trinajstić information content (AvgIpc) is 2.93. The summed E-state index contributed by atoms with van der Waals surface area (Å²) in [5.74, 6) is -3.43. The average molecular weight is 527 g/mol. The third-order valence-electron chi connectivity index (χ3n) is 6.81. The second-order valence-corrected chi connectivity index (χ2v) is 9.52. The van der Waals surface area contributed by atoms with Crippen LogP contribution in [0.4, 0.5) is 17.6 Å². The first-order valence-corrected chi connectivity index (χ1v) is 12.9. The van der Waals surface area contributed by atoms with Gasteiger partial charge in [-0.15, -0.1) is 0 Å². The molecule has 39 heavy (non-hydrogen) atoms. The summed E-state index contributed by atoms with van der Waals surface area (Å²) in [7, 11) is 0. The highest BCUT2D eigenvalue weighted by molar-refractivity contribution is 5.66. The van der Waals surface area contributed by atoms with Crippen LogP contribution in [0, 0.1) is 45.9 Å². The molecule has 4 aromatic carbocycles. The first-order valence-electron chi connectivity index (χ1n) is 12.9. The Labute approximate surface area is 225 Å². The predicted octanol–water partition coefficient (Wildman–Crippen LogP) is 9.06. The third kappa shape index (κ3) is 6.92. The molecule has 0 aromatic heterocycles. The van der Waals surface area contributed by atoms with E-state index in [0.717, 1.165) is 56.1 Å². The zero-order valence-electron chi connectivity index (χ0n) is 21.3. The number of benzene rings is 4. The molecule has 4 aromatic rings. The number of rotatable bonds is 10. The summed E-state index contributed by atoms with van der Waals surface area (Å²) in [6.45, 7) is 0. The number of hydrogen-bond acceptors (Lipinski definition) is 2. The number of halogens is 4. The molecule has 0 unspecified atom stereocenters. The van der Waals surface area contributed by atoms with Crippen molar-refractivity contribution in [2.75, 3.05) is 0 Å². The minimum absolute atomic E-state index is 0.405. The highest BCUT2D eigenvalue weighted by atomic mass is 19.1. The van der Waals surface area contributed by atoms with Crippen molar-refractivity contribution in [3.63, 3.8) is 0 Å². The van der Waals surface area contributed by atoms with Crippen molar-refractivity contribution in [1.82, 2.24) is 0 Å². The number of hydrogen-bond donors (Lipinski definition) is 0. The maximum Gasteiger partial charge on any atom is 0.144 e. The first kappa shape index (κ1) is 27.6. The topological polar surface area (TPSA) is 47.6 Å². The molecule has 0 saturated heterocycles. The van der Waals surface area contributed by atoms with Crippen LogP contribution in [0.15, 0.2) is 72.8 Å². The molecule has 0 aliphatic rings. The van der Waals surface area contributed by atoms with Gasteiger partial charge in [0.25, 0.3) is 0 Å². The van der Waals surface area contributed by atoms with Crippen LogP contribution >= 0.6 is 0 Å². The maximum absolute atomic E-state index is 13.9. The Morgan fingerprint density at radius 1 is 0.436 bits per heavy atom. The number of unbranched alkanes of at least 4 members (excludes halogenated alkanes) is 4. The van der Waals surface area contributed by atoms with Gasteiger partial charge in [0.1, 0.15) is 46.5 Å². The van der Waals surface area contributed by atoms with Gasteiger partial charge in [0.15, 0.2) is 0 Å². The molecule has 196 valence electrons. The summed E-state index contributed by atoms with van der Waals surface area (Å²) in [6.07, 6.45) is 7.26. The van der Waals surface area contributed by atoms with Gasteiger partial charge in [-0.2, -0.15) is 10.5 Å². The molecule has 0 spiro atoms. The van der Waals surface area contributed by atoms with E-state index >= 15 is 0 Å². The van der Waals surface area contributed by atoms with Gasteiger partial charge in [0.05, 0.1) is 0 Å². The normalized spacial score (nSPS) is 10.7. The Morgan fingerprint density at radius 2 is 0.744 bits per heavy atom. The lowest BCUT2D eigenvalue weighted by Gasteiger charge is -2.07. The monoisotopic (exact) mass is 526 g/mol. The molecule has 6 heteroatoms. The van der Waals surface area contributed by atoms with E-state index in [1.807, 2.05) is 48.5 Å². The molecular weight excluding hydrogens is 500 g/mol. The van der Waals surface area contributed by atoms with Gasteiger partial charge >= 0.3 is 0 Å². The van der Waals surface area contributed by atoms with Crippen LogP contribution in [-0.4, -0.2) is 0 Å². The molecule has 0 amide bonds. The highest BCUT2D eigenvalue weighted by Gasteiger charge is 2.13. The Balaban J connectivity index is 1.17. The van der Waals surface area contributed by atoms with Crippen LogP contribution in [-0.2, 0) is 12.8 Å². The van der Waals surface area contributed by atoms with E-state index in [4.69, 9.17) is 10.5 Å². The zero-order valence-corrected chi connectivity index (χ0v) is 21.3. The maximum atomic E-state index is 13.9. The van der Waals surface area contributed by atoms with Gasteiger partial charge in [-0.1, -0.05) is 67.8 Å². The zero-order chi connectivity index (χ0) is 27.8. The van der Waals surface area contributed by atoms with Gasteiger partial charge < -0.3 is 0 Å². The Morgan fingerprint density at radius 3 is 1.05 bits per heavy atom. The Bertz CT molecular complexity index is 1370. The van der Waals surface area contributed by atoms with Crippen molar-refractivity contribution in [3.8, 4) is 34.4 Å². The van der Waals surface area contributed by atoms with Crippen molar-refractivity contribution >= 4 is 0 Å². The third-order valence-corrected chi connectivity index (χ3v) is 6.81. The number of nitrogens with zero attached hydrogens (tertiary/aromatic N) is 2. The first-order chi connectivity index (χ1) is 18.9. The van der Waals surface area contributed by atoms with E-state index < -0.39 is 34.4 Å². The molecule has 0 aliphatic carbocycles. The lowest BCUT2D eigenvalue weighted by molar-refractivity contribution is 0.577. The second-order valence-electron chi connectivity index (χ2n) is 9.52. The smallest absolute Gasteiger partial charge is 0.144 e. The van der Waals surface area contributed by atoms with Crippen molar-refractivity contribution in [3.05, 3.63) is 118 Å². The summed E-state index contributed by atoms with van der Waals surface area (Å²) in [6, 6.07) is 23.0. The number of nitriles is 2. The molecule has 0 bridgehead atoms. The fraction of sp³-hybridized carbons (Fsp3) is 0.212. The SMILES string of the molecule is N#Cc1c(F)cc(-c2ccc(CCCCCCCc3ccc(-c4cc(F)c(C#N)c(F)c4)cc3)cc2)cc1F. The van der Waals surface area contributed by atoms with Crippen LogP contribution in [0.2, 0.25) is 0 Å². The molecule has 2 nitrogen and oxygen atoms in total. The lowest BCUT2D eigenvalue weighted by Crippen LogP contribution is -1.93. The van der Waals surface area contributed by atoms with Crippen LogP contribution in [0.25, 0.3) is 22.3 Å². The van der Waals surface area contributed by atoms with Gasteiger partial charge in [-0.3, -0.25) is 0 Å². The summed E-state index contributed by atoms with van der Waals surface area (Å²) < 4.78 is 55.6. The van der Waals surface area contributed by atoms with Gasteiger partial charge in [0, 0.05) is 0 Å². The van der Waals surface area contributed by atoms with Crippen LogP contribution in [0.5, 0.6) is 0 Å². The largest absolute Gasteiger partial charge is 0.205 e. The molecule has 0 saturated carbocycles. The summed E-state index contributed by atoms with van der Waals surface area (Å²) in [5.41, 5.74) is 3.40. The summed E-state index contributed by atoms with van der Waals surface area (Å²) >= 11 is 0. The van der Waals surface area contributed by atoms with Crippen molar-refractivity contribution in [1.29, 1.82) is 10.5 Å². The minimum atomic E-state index is -0.856. The summed E-state index contributed by atoms with van der Waals surface area (Å²) in [4.78, 5) is 0. The van der Waals surface area contributed by atoms with Crippen LogP contribution in [0.1, 0.15) is 54.4 Å². The van der Waals surface area contributed by atoms with E-state index in [1.165, 1.54) is 36.4 Å². The number of aryl methyl sites for hydroxylation is 2. The van der Waals surface area contributed by atoms with E-state index in [9.17, 15) is 17.6 Å². The van der Waals surface area contributed by atoms with E-state index in [-0.39, 0.29) is 0 Å². The lowest BCUT2D eigenvalue weighted by atomic mass is 9.98. The van der Waals surface area contributed by atoms with Crippen molar-refractivity contribution in [2.24, 2.45) is 0 Å². The molecule has 0 fully saturated rings. The predicted molar refractivity (Wildman–Crippen MR) is 144 cm³/mol. The molecule has 0 heterocycles. The van der Waals surface area contributed by atoms with E-state index in [2.05, 4.69) is 0 Å². The highest BCUT2D eigenvalue weighted by Crippen LogP contribution is 2.26. The van der Waals surface area contributed by atoms with Gasteiger partial charge in [-0.05, 0) is 83.3 Å². The molecular formula is C33H26F4N2. The van der Waals surface area contributed by atoms with Gasteiger partial charge in [0.2, 0.25) is 0 Å². The quantitative estimate of drug-likeness (QED) is 0.153. The van der Waals surface area contributed by atoms with E-state index in [0.29, 0.717) is 22.3 Å². The fourth-order valence-corrected chi connectivity index (χ4v) is 4.61. The second kappa shape index (κ2) is 12.9. The molecule has 0 atom stereocenters. The van der Waals surface area contributed by atoms with E-state index in [1.54, 1.807) is 0 Å². The van der Waals surface area contributed by atoms with Crippen molar-refractivity contribution in [2.45, 2.75) is 44.9 Å².